The lowest BCUT2D eigenvalue weighted by molar-refractivity contribution is 0.0923. The Hall–Kier alpha value is -1.66. The van der Waals surface area contributed by atoms with Crippen molar-refractivity contribution in [3.8, 4) is 0 Å². The van der Waals surface area contributed by atoms with Gasteiger partial charge >= 0.3 is 0 Å². The van der Waals surface area contributed by atoms with Gasteiger partial charge in [0.05, 0.1) is 22.8 Å². The monoisotopic (exact) mass is 334 g/mol. The van der Waals surface area contributed by atoms with Gasteiger partial charge in [-0.1, -0.05) is 24.3 Å². The fraction of sp³-hybridized carbons (Fsp3) is 0.286. The molecule has 3 N–H and O–H groups in total. The number of hydrogen-bond donors (Lipinski definition) is 2. The van der Waals surface area contributed by atoms with Crippen LogP contribution in [0.1, 0.15) is 27.7 Å². The fourth-order valence-corrected chi connectivity index (χ4v) is 3.20. The standard InChI is InChI=1S/C14H15BrN4O/c1-19-13(10(15)7-17-19)14(20)18-11-6-8-4-2-3-5-9(8)12(11)16/h2-5,7,11-12H,6,16H2,1H3,(H,18,20)/t11-,12-/m1/s1. The van der Waals surface area contributed by atoms with Crippen LogP contribution in [0.2, 0.25) is 0 Å². The topological polar surface area (TPSA) is 72.9 Å². The number of nitrogens with two attached hydrogens (primary N) is 1. The number of benzene rings is 1. The summed E-state index contributed by atoms with van der Waals surface area (Å²) in [6, 6.07) is 7.80. The first-order valence-electron chi connectivity index (χ1n) is 6.39. The Balaban J connectivity index is 1.79. The molecule has 1 amide bonds. The normalized spacial score (nSPS) is 20.8. The van der Waals surface area contributed by atoms with Crippen molar-refractivity contribution in [2.45, 2.75) is 18.5 Å². The van der Waals surface area contributed by atoms with E-state index in [2.05, 4.69) is 32.4 Å². The van der Waals surface area contributed by atoms with E-state index >= 15 is 0 Å². The van der Waals surface area contributed by atoms with E-state index in [-0.39, 0.29) is 18.0 Å². The Morgan fingerprint density at radius 2 is 2.25 bits per heavy atom. The Labute approximate surface area is 125 Å². The number of aromatic nitrogens is 2. The molecule has 0 fully saturated rings. The van der Waals surface area contributed by atoms with Crippen LogP contribution in [0, 0.1) is 0 Å². The summed E-state index contributed by atoms with van der Waals surface area (Å²) in [4.78, 5) is 12.3. The molecule has 0 saturated carbocycles. The molecule has 6 heteroatoms. The Bertz CT molecular complexity index is 647. The van der Waals surface area contributed by atoms with E-state index < -0.39 is 0 Å². The third-order valence-corrected chi connectivity index (χ3v) is 4.29. The minimum atomic E-state index is -0.165. The Kier molecular flexibility index (Phi) is 3.35. The van der Waals surface area contributed by atoms with E-state index in [4.69, 9.17) is 5.73 Å². The number of nitrogens with one attached hydrogen (secondary N) is 1. The van der Waals surface area contributed by atoms with Gasteiger partial charge in [0.1, 0.15) is 5.69 Å². The van der Waals surface area contributed by atoms with E-state index in [0.29, 0.717) is 10.2 Å². The van der Waals surface area contributed by atoms with Crippen LogP contribution in [0.4, 0.5) is 0 Å². The van der Waals surface area contributed by atoms with Crippen LogP contribution in [0.25, 0.3) is 0 Å². The number of hydrogen-bond acceptors (Lipinski definition) is 3. The molecule has 1 heterocycles. The molecule has 1 aromatic heterocycles. The predicted octanol–water partition coefficient (Wildman–Crippen LogP) is 1.54. The van der Waals surface area contributed by atoms with Crippen LogP contribution in [0.15, 0.2) is 34.9 Å². The van der Waals surface area contributed by atoms with Crippen LogP contribution in [-0.4, -0.2) is 21.7 Å². The molecule has 20 heavy (non-hydrogen) atoms. The second-order valence-corrected chi connectivity index (χ2v) is 5.83. The lowest BCUT2D eigenvalue weighted by atomic mass is 10.1. The zero-order chi connectivity index (χ0) is 14.3. The Morgan fingerprint density at radius 1 is 1.50 bits per heavy atom. The van der Waals surface area contributed by atoms with Gasteiger partial charge in [0.15, 0.2) is 0 Å². The van der Waals surface area contributed by atoms with Crippen molar-refractivity contribution in [3.63, 3.8) is 0 Å². The highest BCUT2D eigenvalue weighted by molar-refractivity contribution is 9.10. The van der Waals surface area contributed by atoms with Crippen LogP contribution in [0.5, 0.6) is 0 Å². The minimum absolute atomic E-state index is 0.0818. The van der Waals surface area contributed by atoms with E-state index in [0.717, 1.165) is 12.0 Å². The number of fused-ring (bicyclic) bond motifs is 1. The van der Waals surface area contributed by atoms with Gasteiger partial charge in [0.25, 0.3) is 5.91 Å². The summed E-state index contributed by atoms with van der Waals surface area (Å²) < 4.78 is 2.23. The van der Waals surface area contributed by atoms with Crippen molar-refractivity contribution in [3.05, 3.63) is 51.8 Å². The first-order valence-corrected chi connectivity index (χ1v) is 7.19. The number of rotatable bonds is 2. The molecule has 1 aromatic carbocycles. The fourth-order valence-electron chi connectivity index (χ4n) is 2.67. The first-order chi connectivity index (χ1) is 9.58. The Morgan fingerprint density at radius 3 is 2.90 bits per heavy atom. The number of nitrogens with zero attached hydrogens (tertiary/aromatic N) is 2. The number of amides is 1. The first kappa shape index (κ1) is 13.3. The lowest BCUT2D eigenvalue weighted by Crippen LogP contribution is -2.41. The summed E-state index contributed by atoms with van der Waals surface area (Å²) in [5.41, 5.74) is 9.04. The maximum atomic E-state index is 12.3. The highest BCUT2D eigenvalue weighted by Gasteiger charge is 2.31. The molecule has 0 unspecified atom stereocenters. The number of aryl methyl sites for hydroxylation is 1. The molecule has 0 aliphatic heterocycles. The molecule has 0 bridgehead atoms. The minimum Gasteiger partial charge on any atom is -0.346 e. The molecule has 0 radical (unpaired) electrons. The average Bonchev–Trinajstić information content (AvgIpc) is 2.92. The SMILES string of the molecule is Cn1ncc(Br)c1C(=O)N[C@@H]1Cc2ccccc2[C@H]1N. The molecule has 2 atom stereocenters. The molecule has 0 saturated heterocycles. The third kappa shape index (κ3) is 2.14. The van der Waals surface area contributed by atoms with Crippen molar-refractivity contribution in [2.75, 3.05) is 0 Å². The molecular weight excluding hydrogens is 320 g/mol. The van der Waals surface area contributed by atoms with Crippen molar-refractivity contribution < 1.29 is 4.79 Å². The summed E-state index contributed by atoms with van der Waals surface area (Å²) in [5, 5.41) is 7.05. The van der Waals surface area contributed by atoms with E-state index in [9.17, 15) is 4.79 Å². The smallest absolute Gasteiger partial charge is 0.271 e. The highest BCUT2D eigenvalue weighted by Crippen LogP contribution is 2.29. The molecular formula is C14H15BrN4O. The van der Waals surface area contributed by atoms with Gasteiger partial charge in [-0.15, -0.1) is 0 Å². The van der Waals surface area contributed by atoms with E-state index in [1.54, 1.807) is 17.9 Å². The zero-order valence-corrected chi connectivity index (χ0v) is 12.6. The maximum Gasteiger partial charge on any atom is 0.271 e. The summed E-state index contributed by atoms with van der Waals surface area (Å²) in [6.07, 6.45) is 2.37. The molecule has 1 aliphatic rings. The molecule has 3 rings (SSSR count). The van der Waals surface area contributed by atoms with Gasteiger partial charge in [-0.2, -0.15) is 5.10 Å². The number of carbonyl (C=O) groups is 1. The van der Waals surface area contributed by atoms with Crippen LogP contribution < -0.4 is 11.1 Å². The van der Waals surface area contributed by atoms with Gasteiger partial charge in [-0.05, 0) is 33.5 Å². The quantitative estimate of drug-likeness (QED) is 0.874. The van der Waals surface area contributed by atoms with Crippen LogP contribution >= 0.6 is 15.9 Å². The van der Waals surface area contributed by atoms with Gasteiger partial charge in [-0.25, -0.2) is 0 Å². The van der Waals surface area contributed by atoms with Gasteiger partial charge in [-0.3, -0.25) is 9.48 Å². The summed E-state index contributed by atoms with van der Waals surface area (Å²) in [6.45, 7) is 0. The molecule has 2 aromatic rings. The van der Waals surface area contributed by atoms with Crippen LogP contribution in [0.3, 0.4) is 0 Å². The molecule has 5 nitrogen and oxygen atoms in total. The summed E-state index contributed by atoms with van der Waals surface area (Å²) in [5.74, 6) is -0.162. The number of carbonyl (C=O) groups excluding carboxylic acids is 1. The lowest BCUT2D eigenvalue weighted by Gasteiger charge is -2.18. The van der Waals surface area contributed by atoms with Crippen molar-refractivity contribution >= 4 is 21.8 Å². The van der Waals surface area contributed by atoms with Gasteiger partial charge < -0.3 is 11.1 Å². The molecule has 0 spiro atoms. The van der Waals surface area contributed by atoms with Crippen molar-refractivity contribution in [2.24, 2.45) is 12.8 Å². The largest absolute Gasteiger partial charge is 0.346 e. The molecule has 104 valence electrons. The highest BCUT2D eigenvalue weighted by atomic mass is 79.9. The van der Waals surface area contributed by atoms with Crippen LogP contribution in [-0.2, 0) is 13.5 Å². The maximum absolute atomic E-state index is 12.3. The third-order valence-electron chi connectivity index (χ3n) is 3.71. The van der Waals surface area contributed by atoms with E-state index in [1.165, 1.54) is 5.56 Å². The second-order valence-electron chi connectivity index (χ2n) is 4.97. The second kappa shape index (κ2) is 5.03. The predicted molar refractivity (Wildman–Crippen MR) is 79.2 cm³/mol. The van der Waals surface area contributed by atoms with Crippen molar-refractivity contribution in [1.29, 1.82) is 0 Å². The summed E-state index contributed by atoms with van der Waals surface area (Å²) in [7, 11) is 1.74. The number of halogens is 1. The summed E-state index contributed by atoms with van der Waals surface area (Å²) >= 11 is 3.34. The zero-order valence-electron chi connectivity index (χ0n) is 11.0. The average molecular weight is 335 g/mol. The van der Waals surface area contributed by atoms with Gasteiger partial charge in [0.2, 0.25) is 0 Å². The molecule has 1 aliphatic carbocycles. The van der Waals surface area contributed by atoms with Gasteiger partial charge in [0, 0.05) is 7.05 Å². The van der Waals surface area contributed by atoms with Crippen molar-refractivity contribution in [1.82, 2.24) is 15.1 Å². The van der Waals surface area contributed by atoms with E-state index in [1.807, 2.05) is 18.2 Å².